The molecule has 0 heterocycles. The zero-order chi connectivity index (χ0) is 21.3. The smallest absolute Gasteiger partial charge is 0.348 e. The molecule has 2 rings (SSSR count). The van der Waals surface area contributed by atoms with Gasteiger partial charge in [-0.2, -0.15) is 39.5 Å². The Labute approximate surface area is 152 Å². The first kappa shape index (κ1) is 21.6. The Bertz CT molecular complexity index is 834. The summed E-state index contributed by atoms with van der Waals surface area (Å²) < 4.78 is 116. The summed E-state index contributed by atoms with van der Waals surface area (Å²) in [6.45, 7) is -0.835. The fourth-order valence-electron chi connectivity index (χ4n) is 2.33. The van der Waals surface area contributed by atoms with E-state index in [2.05, 4.69) is 0 Å². The molecule has 0 unspecified atom stereocenters. The molecule has 0 aliphatic rings. The number of alkyl halides is 9. The molecule has 0 fully saturated rings. The number of hydrogen-bond donors (Lipinski definition) is 1. The summed E-state index contributed by atoms with van der Waals surface area (Å²) in [5.74, 6) is -1.29. The topological polar surface area (TPSA) is 29.1 Å². The maximum atomic E-state index is 12.9. The van der Waals surface area contributed by atoms with E-state index in [0.717, 1.165) is 18.2 Å². The van der Waals surface area contributed by atoms with Gasteiger partial charge in [-0.3, -0.25) is 4.79 Å². The molecule has 0 atom stereocenters. The van der Waals surface area contributed by atoms with Gasteiger partial charge in [0.25, 0.3) is 5.91 Å². The molecule has 0 aliphatic carbocycles. The van der Waals surface area contributed by atoms with Crippen LogP contribution in [0, 0.1) is 0 Å². The Balaban J connectivity index is 2.31. The third-order valence-corrected chi connectivity index (χ3v) is 3.58. The van der Waals surface area contributed by atoms with Crippen LogP contribution in [-0.4, -0.2) is 5.91 Å². The number of rotatable bonds is 3. The molecule has 1 N–H and O–H groups in total. The highest BCUT2D eigenvalue weighted by molar-refractivity contribution is 5.95. The first-order chi connectivity index (χ1) is 12.7. The van der Waals surface area contributed by atoms with E-state index in [1.54, 1.807) is 0 Å². The van der Waals surface area contributed by atoms with Crippen molar-refractivity contribution in [2.45, 2.75) is 25.1 Å². The van der Waals surface area contributed by atoms with Crippen molar-refractivity contribution in [3.8, 4) is 0 Å². The molecule has 11 heteroatoms. The van der Waals surface area contributed by atoms with Gasteiger partial charge < -0.3 is 5.32 Å². The molecule has 2 aromatic carbocycles. The molecule has 0 radical (unpaired) electrons. The highest BCUT2D eigenvalue weighted by atomic mass is 19.4. The molecule has 152 valence electrons. The van der Waals surface area contributed by atoms with Crippen LogP contribution in [0.3, 0.4) is 0 Å². The van der Waals surface area contributed by atoms with Crippen molar-refractivity contribution >= 4 is 5.91 Å². The van der Waals surface area contributed by atoms with E-state index in [0.29, 0.717) is 18.2 Å². The molecular formula is C17H10F9NO. The van der Waals surface area contributed by atoms with Crippen LogP contribution in [-0.2, 0) is 25.1 Å². The first-order valence-corrected chi connectivity index (χ1v) is 7.42. The van der Waals surface area contributed by atoms with Crippen molar-refractivity contribution in [2.24, 2.45) is 0 Å². The number of carbonyl (C=O) groups excluding carboxylic acids is 1. The summed E-state index contributed by atoms with van der Waals surface area (Å²) >= 11 is 0. The summed E-state index contributed by atoms with van der Waals surface area (Å²) in [4.78, 5) is 12.0. The second kappa shape index (κ2) is 7.36. The van der Waals surface area contributed by atoms with Crippen molar-refractivity contribution in [3.05, 3.63) is 70.3 Å². The minimum Gasteiger partial charge on any atom is -0.348 e. The van der Waals surface area contributed by atoms with Crippen molar-refractivity contribution in [1.29, 1.82) is 0 Å². The van der Waals surface area contributed by atoms with E-state index in [-0.39, 0.29) is 6.07 Å². The predicted molar refractivity (Wildman–Crippen MR) is 79.1 cm³/mol. The van der Waals surface area contributed by atoms with Gasteiger partial charge in [0.05, 0.1) is 22.3 Å². The maximum absolute atomic E-state index is 12.9. The third kappa shape index (κ3) is 5.17. The summed E-state index contributed by atoms with van der Waals surface area (Å²) in [6, 6.07) is 4.30. The summed E-state index contributed by atoms with van der Waals surface area (Å²) in [5.41, 5.74) is -5.85. The van der Waals surface area contributed by atoms with E-state index < -0.39 is 58.8 Å². The number of hydrogen-bond acceptors (Lipinski definition) is 1. The van der Waals surface area contributed by atoms with Gasteiger partial charge in [-0.25, -0.2) is 0 Å². The molecule has 0 saturated carbocycles. The standard InChI is InChI=1S/C17H10F9NO/c18-15(19,20)10-5-9(6-11(7-10)16(21,22)23)8-27-14(28)12-3-1-2-4-13(12)17(24,25)26/h1-7H,8H2,(H,27,28). The quantitative estimate of drug-likeness (QED) is 0.643. The lowest BCUT2D eigenvalue weighted by atomic mass is 10.0. The summed E-state index contributed by atoms with van der Waals surface area (Å²) in [6.07, 6.45) is -15.0. The molecular weight excluding hydrogens is 405 g/mol. The number of benzene rings is 2. The predicted octanol–water partition coefficient (Wildman–Crippen LogP) is 5.67. The zero-order valence-corrected chi connectivity index (χ0v) is 13.6. The van der Waals surface area contributed by atoms with Gasteiger partial charge in [-0.05, 0) is 35.9 Å². The Kier molecular flexibility index (Phi) is 5.67. The van der Waals surface area contributed by atoms with E-state index >= 15 is 0 Å². The van der Waals surface area contributed by atoms with Crippen LogP contribution in [0.5, 0.6) is 0 Å². The molecule has 2 aromatic rings. The van der Waals surface area contributed by atoms with Gasteiger partial charge in [0.15, 0.2) is 0 Å². The van der Waals surface area contributed by atoms with Crippen molar-refractivity contribution < 1.29 is 44.3 Å². The molecule has 0 saturated heterocycles. The van der Waals surface area contributed by atoms with Gasteiger partial charge in [0.1, 0.15) is 0 Å². The lowest BCUT2D eigenvalue weighted by Crippen LogP contribution is -2.26. The number of halogens is 9. The van der Waals surface area contributed by atoms with E-state index in [9.17, 15) is 44.3 Å². The summed E-state index contributed by atoms with van der Waals surface area (Å²) in [5, 5.41) is 1.91. The second-order valence-electron chi connectivity index (χ2n) is 5.64. The van der Waals surface area contributed by atoms with Crippen LogP contribution in [0.15, 0.2) is 42.5 Å². The number of nitrogens with one attached hydrogen (secondary N) is 1. The minimum atomic E-state index is -5.08. The third-order valence-electron chi connectivity index (χ3n) is 3.58. The SMILES string of the molecule is O=C(NCc1cc(C(F)(F)F)cc(C(F)(F)F)c1)c1ccccc1C(F)(F)F. The van der Waals surface area contributed by atoms with Crippen LogP contribution < -0.4 is 5.32 Å². The van der Waals surface area contributed by atoms with E-state index in [1.807, 2.05) is 5.32 Å². The molecule has 0 bridgehead atoms. The van der Waals surface area contributed by atoms with Crippen molar-refractivity contribution in [3.63, 3.8) is 0 Å². The van der Waals surface area contributed by atoms with Crippen LogP contribution >= 0.6 is 0 Å². The molecule has 28 heavy (non-hydrogen) atoms. The lowest BCUT2D eigenvalue weighted by Gasteiger charge is -2.15. The fourth-order valence-corrected chi connectivity index (χ4v) is 2.33. The van der Waals surface area contributed by atoms with Crippen molar-refractivity contribution in [2.75, 3.05) is 0 Å². The van der Waals surface area contributed by atoms with Crippen LogP contribution in [0.25, 0.3) is 0 Å². The highest BCUT2D eigenvalue weighted by Gasteiger charge is 2.37. The maximum Gasteiger partial charge on any atom is 0.417 e. The Morgan fingerprint density at radius 1 is 0.750 bits per heavy atom. The fraction of sp³-hybridized carbons (Fsp3) is 0.235. The second-order valence-corrected chi connectivity index (χ2v) is 5.64. The van der Waals surface area contributed by atoms with Gasteiger partial charge in [0.2, 0.25) is 0 Å². The largest absolute Gasteiger partial charge is 0.417 e. The van der Waals surface area contributed by atoms with Gasteiger partial charge >= 0.3 is 18.5 Å². The number of carbonyl (C=O) groups is 1. The highest BCUT2D eigenvalue weighted by Crippen LogP contribution is 2.36. The van der Waals surface area contributed by atoms with E-state index in [1.165, 1.54) is 0 Å². The minimum absolute atomic E-state index is 0.0930. The Morgan fingerprint density at radius 3 is 1.71 bits per heavy atom. The molecule has 1 amide bonds. The zero-order valence-electron chi connectivity index (χ0n) is 13.6. The molecule has 2 nitrogen and oxygen atoms in total. The lowest BCUT2D eigenvalue weighted by molar-refractivity contribution is -0.143. The molecule has 0 spiro atoms. The monoisotopic (exact) mass is 415 g/mol. The summed E-state index contributed by atoms with van der Waals surface area (Å²) in [7, 11) is 0. The van der Waals surface area contributed by atoms with Crippen LogP contribution in [0.2, 0.25) is 0 Å². The molecule has 0 aliphatic heterocycles. The average Bonchev–Trinajstić information content (AvgIpc) is 2.57. The average molecular weight is 415 g/mol. The van der Waals surface area contributed by atoms with Crippen LogP contribution in [0.4, 0.5) is 39.5 Å². The Morgan fingerprint density at radius 2 is 1.25 bits per heavy atom. The van der Waals surface area contributed by atoms with Crippen molar-refractivity contribution in [1.82, 2.24) is 5.32 Å². The van der Waals surface area contributed by atoms with Gasteiger partial charge in [-0.15, -0.1) is 0 Å². The Hall–Kier alpha value is -2.72. The van der Waals surface area contributed by atoms with E-state index in [4.69, 9.17) is 0 Å². The van der Waals surface area contributed by atoms with Crippen LogP contribution in [0.1, 0.15) is 32.6 Å². The number of amides is 1. The normalized spacial score (nSPS) is 12.8. The first-order valence-electron chi connectivity index (χ1n) is 7.42. The van der Waals surface area contributed by atoms with Gasteiger partial charge in [0, 0.05) is 6.54 Å². The molecule has 0 aromatic heterocycles. The van der Waals surface area contributed by atoms with Gasteiger partial charge in [-0.1, -0.05) is 12.1 Å².